The third-order valence-electron chi connectivity index (χ3n) is 8.43. The van der Waals surface area contributed by atoms with Crippen molar-refractivity contribution in [2.75, 3.05) is 6.16 Å². The van der Waals surface area contributed by atoms with E-state index in [1.807, 2.05) is 127 Å². The fourth-order valence-electron chi connectivity index (χ4n) is 6.27. The normalized spacial score (nSPS) is 17.2. The number of hydrogen-bond donors (Lipinski definition) is 0. The van der Waals surface area contributed by atoms with Crippen LogP contribution in [-0.4, -0.2) is 29.0 Å². The fraction of sp³-hybridized carbons (Fsp3) is 0.158. The molecule has 0 bridgehead atoms. The van der Waals surface area contributed by atoms with E-state index in [9.17, 15) is 4.79 Å². The van der Waals surface area contributed by atoms with E-state index in [0.717, 1.165) is 27.0 Å². The molecule has 0 radical (unpaired) electrons. The lowest BCUT2D eigenvalue weighted by Crippen LogP contribution is -2.48. The van der Waals surface area contributed by atoms with E-state index < -0.39 is 19.4 Å². The molecule has 214 valence electrons. The van der Waals surface area contributed by atoms with E-state index in [4.69, 9.17) is 4.74 Å². The molecule has 43 heavy (non-hydrogen) atoms. The van der Waals surface area contributed by atoms with Crippen LogP contribution >= 0.6 is 7.26 Å². The summed E-state index contributed by atoms with van der Waals surface area (Å²) in [6, 6.07) is 49.9. The Bertz CT molecular complexity index is 1550. The van der Waals surface area contributed by atoms with Crippen molar-refractivity contribution in [3.05, 3.63) is 163 Å². The molecule has 1 fully saturated rings. The SMILES string of the molecule is C[C@@H](c1ccccc1)N(C(=O)C[P+](c1ccccc1)(c1ccccc1)c1ccccc1)[C@H]1C[C@@H](c2ccccc2)OC1=O. The van der Waals surface area contributed by atoms with Gasteiger partial charge >= 0.3 is 5.97 Å². The number of amides is 1. The predicted octanol–water partition coefficient (Wildman–Crippen LogP) is 6.63. The number of cyclic esters (lactones) is 1. The number of carbonyl (C=O) groups excluding carboxylic acids is 2. The van der Waals surface area contributed by atoms with Gasteiger partial charge in [0.25, 0.3) is 5.91 Å². The van der Waals surface area contributed by atoms with Gasteiger partial charge in [0.1, 0.15) is 35.3 Å². The Morgan fingerprint density at radius 1 is 0.698 bits per heavy atom. The molecule has 0 aromatic heterocycles. The quantitative estimate of drug-likeness (QED) is 0.144. The van der Waals surface area contributed by atoms with Crippen molar-refractivity contribution in [3.8, 4) is 0 Å². The minimum Gasteiger partial charge on any atom is -0.456 e. The lowest BCUT2D eigenvalue weighted by Gasteiger charge is -2.35. The molecule has 0 N–H and O–H groups in total. The summed E-state index contributed by atoms with van der Waals surface area (Å²) in [5.41, 5.74) is 1.92. The highest BCUT2D eigenvalue weighted by Crippen LogP contribution is 2.56. The van der Waals surface area contributed by atoms with E-state index >= 15 is 4.79 Å². The van der Waals surface area contributed by atoms with Gasteiger partial charge in [0.15, 0.2) is 6.16 Å². The fourth-order valence-corrected chi connectivity index (χ4v) is 10.3. The Morgan fingerprint density at radius 3 is 1.58 bits per heavy atom. The molecular weight excluding hydrogens is 549 g/mol. The van der Waals surface area contributed by atoms with Crippen LogP contribution in [0.2, 0.25) is 0 Å². The molecule has 6 rings (SSSR count). The highest BCUT2D eigenvalue weighted by atomic mass is 31.2. The summed E-state index contributed by atoms with van der Waals surface area (Å²) >= 11 is 0. The maximum Gasteiger partial charge on any atom is 0.329 e. The lowest BCUT2D eigenvalue weighted by atomic mass is 10.0. The predicted molar refractivity (Wildman–Crippen MR) is 175 cm³/mol. The van der Waals surface area contributed by atoms with Gasteiger partial charge in [-0.15, -0.1) is 0 Å². The molecule has 1 amide bonds. The van der Waals surface area contributed by atoms with E-state index in [-0.39, 0.29) is 24.1 Å². The number of nitrogens with zero attached hydrogens (tertiary/aromatic N) is 1. The molecule has 1 heterocycles. The smallest absolute Gasteiger partial charge is 0.329 e. The van der Waals surface area contributed by atoms with Crippen LogP contribution in [0, 0.1) is 0 Å². The molecule has 4 nitrogen and oxygen atoms in total. The van der Waals surface area contributed by atoms with Crippen molar-refractivity contribution in [1.29, 1.82) is 0 Å². The van der Waals surface area contributed by atoms with Crippen LogP contribution in [-0.2, 0) is 14.3 Å². The van der Waals surface area contributed by atoms with Gasteiger partial charge in [-0.2, -0.15) is 0 Å². The Kier molecular flexibility index (Phi) is 8.49. The molecule has 0 unspecified atom stereocenters. The summed E-state index contributed by atoms with van der Waals surface area (Å²) in [6.45, 7) is 2.02. The number of ether oxygens (including phenoxy) is 1. The molecule has 0 saturated carbocycles. The third-order valence-corrected chi connectivity index (χ3v) is 12.7. The molecule has 5 aromatic rings. The molecule has 0 aliphatic carbocycles. The highest BCUT2D eigenvalue weighted by Gasteiger charge is 2.51. The summed E-state index contributed by atoms with van der Waals surface area (Å²) < 4.78 is 5.94. The van der Waals surface area contributed by atoms with Crippen molar-refractivity contribution >= 4 is 35.1 Å². The zero-order valence-corrected chi connectivity index (χ0v) is 25.1. The Balaban J connectivity index is 1.47. The average molecular weight is 585 g/mol. The second-order valence-corrected chi connectivity index (χ2v) is 14.4. The minimum absolute atomic E-state index is 0.0584. The highest BCUT2D eigenvalue weighted by molar-refractivity contribution is 7.96. The van der Waals surface area contributed by atoms with Crippen LogP contribution in [0.3, 0.4) is 0 Å². The second-order valence-electron chi connectivity index (χ2n) is 10.9. The van der Waals surface area contributed by atoms with Gasteiger partial charge in [-0.05, 0) is 54.4 Å². The molecule has 3 atom stereocenters. The Hall–Kier alpha value is -4.53. The molecule has 0 spiro atoms. The minimum atomic E-state index is -2.47. The van der Waals surface area contributed by atoms with E-state index in [1.54, 1.807) is 0 Å². The van der Waals surface area contributed by atoms with E-state index in [1.165, 1.54) is 0 Å². The number of benzene rings is 5. The van der Waals surface area contributed by atoms with Crippen LogP contribution in [0.15, 0.2) is 152 Å². The first-order valence-corrected chi connectivity index (χ1v) is 16.7. The monoisotopic (exact) mass is 584 g/mol. The van der Waals surface area contributed by atoms with Gasteiger partial charge in [0.2, 0.25) is 0 Å². The zero-order valence-electron chi connectivity index (χ0n) is 24.2. The van der Waals surface area contributed by atoms with Crippen molar-refractivity contribution in [1.82, 2.24) is 4.90 Å². The van der Waals surface area contributed by atoms with Crippen LogP contribution in [0.4, 0.5) is 0 Å². The second kappa shape index (κ2) is 12.8. The van der Waals surface area contributed by atoms with Crippen molar-refractivity contribution in [2.45, 2.75) is 31.5 Å². The maximum atomic E-state index is 15.0. The third kappa shape index (κ3) is 5.76. The number of hydrogen-bond acceptors (Lipinski definition) is 3. The van der Waals surface area contributed by atoms with Crippen molar-refractivity contribution < 1.29 is 14.3 Å². The first-order valence-electron chi connectivity index (χ1n) is 14.7. The summed E-state index contributed by atoms with van der Waals surface area (Å²) in [5, 5.41) is 3.39. The first-order chi connectivity index (χ1) is 21.1. The number of rotatable bonds is 9. The maximum absolute atomic E-state index is 15.0. The summed E-state index contributed by atoms with van der Waals surface area (Å²) in [5.74, 6) is -0.412. The van der Waals surface area contributed by atoms with E-state index in [0.29, 0.717) is 6.42 Å². The number of esters is 1. The standard InChI is InChI=1S/C38H35NO3P/c1-29(30-17-7-2-8-18-30)39(35-27-36(42-38(35)41)31-19-9-3-10-20-31)37(40)28-43(32-21-11-4-12-22-32,33-23-13-5-14-24-33)34-25-15-6-16-26-34/h2-26,29,35-36H,27-28H2,1H3/q+1/t29-,35-,36-/m0/s1. The first kappa shape index (κ1) is 28.6. The molecule has 1 aliphatic rings. The summed E-state index contributed by atoms with van der Waals surface area (Å²) in [7, 11) is -2.47. The lowest BCUT2D eigenvalue weighted by molar-refractivity contribution is -0.150. The summed E-state index contributed by atoms with van der Waals surface area (Å²) in [6.07, 6.45) is 0.273. The molecule has 1 saturated heterocycles. The van der Waals surface area contributed by atoms with Crippen LogP contribution in [0.25, 0.3) is 0 Å². The molecule has 5 aromatic carbocycles. The number of carbonyl (C=O) groups is 2. The van der Waals surface area contributed by atoms with Gasteiger partial charge in [-0.25, -0.2) is 4.79 Å². The van der Waals surface area contributed by atoms with Gasteiger partial charge in [0, 0.05) is 6.42 Å². The summed E-state index contributed by atoms with van der Waals surface area (Å²) in [4.78, 5) is 30.4. The van der Waals surface area contributed by atoms with Crippen LogP contribution in [0.5, 0.6) is 0 Å². The topological polar surface area (TPSA) is 46.6 Å². The average Bonchev–Trinajstić information content (AvgIpc) is 3.46. The van der Waals surface area contributed by atoms with Crippen molar-refractivity contribution in [2.24, 2.45) is 0 Å². The van der Waals surface area contributed by atoms with Gasteiger partial charge in [-0.1, -0.05) is 115 Å². The molecule has 5 heteroatoms. The zero-order chi connectivity index (χ0) is 29.6. The van der Waals surface area contributed by atoms with Crippen molar-refractivity contribution in [3.63, 3.8) is 0 Å². The van der Waals surface area contributed by atoms with Crippen LogP contribution < -0.4 is 15.9 Å². The molecule has 1 aliphatic heterocycles. The van der Waals surface area contributed by atoms with Gasteiger partial charge < -0.3 is 9.64 Å². The van der Waals surface area contributed by atoms with Gasteiger partial charge in [0.05, 0.1) is 6.04 Å². The largest absolute Gasteiger partial charge is 0.456 e. The van der Waals surface area contributed by atoms with Crippen LogP contribution in [0.1, 0.15) is 36.6 Å². The van der Waals surface area contributed by atoms with Gasteiger partial charge in [-0.3, -0.25) is 4.79 Å². The molecular formula is C38H35NO3P+. The Morgan fingerprint density at radius 2 is 1.12 bits per heavy atom. The Labute approximate surface area is 254 Å². The van der Waals surface area contributed by atoms with E-state index in [2.05, 4.69) is 36.4 Å².